The topological polar surface area (TPSA) is 88.7 Å². The van der Waals surface area contributed by atoms with Gasteiger partial charge in [-0.1, -0.05) is 30.8 Å². The van der Waals surface area contributed by atoms with E-state index in [0.29, 0.717) is 5.89 Å². The molecule has 0 spiro atoms. The third-order valence-electron chi connectivity index (χ3n) is 8.04. The zero-order chi connectivity index (χ0) is 27.3. The number of fused-ring (bicyclic) bond motifs is 3. The molecule has 5 heterocycles. The zero-order valence-corrected chi connectivity index (χ0v) is 23.1. The van der Waals surface area contributed by atoms with Crippen molar-refractivity contribution in [2.24, 2.45) is 0 Å². The number of rotatable bonds is 6. The van der Waals surface area contributed by atoms with Crippen LogP contribution in [0, 0.1) is 0 Å². The van der Waals surface area contributed by atoms with Crippen LogP contribution < -0.4 is 0 Å². The third-order valence-corrected chi connectivity index (χ3v) is 9.06. The molecule has 1 N–H and O–H groups in total. The maximum Gasteiger partial charge on any atom is 0.247 e. The second kappa shape index (κ2) is 9.79. The van der Waals surface area contributed by atoms with Gasteiger partial charge in [-0.15, -0.1) is 21.5 Å². The van der Waals surface area contributed by atoms with Gasteiger partial charge in [-0.25, -0.2) is 4.68 Å². The Balaban J connectivity index is 1.05. The van der Waals surface area contributed by atoms with Crippen LogP contribution in [0.3, 0.4) is 0 Å². The van der Waals surface area contributed by atoms with Crippen molar-refractivity contribution >= 4 is 49.4 Å². The molecule has 202 valence electrons. The molecular formula is C32H27N7OS. The van der Waals surface area contributed by atoms with E-state index in [4.69, 9.17) is 4.42 Å². The minimum Gasteiger partial charge on any atom is -0.420 e. The molecule has 8 rings (SSSR count). The molecule has 3 aromatic carbocycles. The van der Waals surface area contributed by atoms with E-state index in [1.54, 1.807) is 10.9 Å². The van der Waals surface area contributed by atoms with Gasteiger partial charge >= 0.3 is 0 Å². The predicted molar refractivity (Wildman–Crippen MR) is 164 cm³/mol. The van der Waals surface area contributed by atoms with E-state index in [0.717, 1.165) is 77.0 Å². The summed E-state index contributed by atoms with van der Waals surface area (Å²) in [4.78, 5) is 2.52. The molecule has 1 fully saturated rings. The molecule has 1 aliphatic heterocycles. The van der Waals surface area contributed by atoms with Crippen LogP contribution in [0.4, 0.5) is 0 Å². The second-order valence-electron chi connectivity index (χ2n) is 10.7. The Labute approximate surface area is 239 Å². The molecule has 0 unspecified atom stereocenters. The first-order valence-corrected chi connectivity index (χ1v) is 14.7. The summed E-state index contributed by atoms with van der Waals surface area (Å²) in [5, 5.41) is 26.9. The average Bonchev–Trinajstić information content (AvgIpc) is 3.82. The molecule has 1 atom stereocenters. The maximum atomic E-state index is 6.31. The number of H-pyrrole nitrogens is 1. The molecular weight excluding hydrogens is 530 g/mol. The lowest BCUT2D eigenvalue weighted by molar-refractivity contribution is 0.187. The normalized spacial score (nSPS) is 16.2. The highest BCUT2D eigenvalue weighted by atomic mass is 32.1. The molecule has 0 bridgehead atoms. The lowest BCUT2D eigenvalue weighted by atomic mass is 9.97. The van der Waals surface area contributed by atoms with E-state index >= 15 is 0 Å². The van der Waals surface area contributed by atoms with Gasteiger partial charge in [0.15, 0.2) is 0 Å². The van der Waals surface area contributed by atoms with Crippen molar-refractivity contribution in [3.8, 4) is 22.7 Å². The molecule has 9 heteroatoms. The van der Waals surface area contributed by atoms with Gasteiger partial charge in [0.05, 0.1) is 22.6 Å². The number of benzene rings is 3. The van der Waals surface area contributed by atoms with E-state index in [-0.39, 0.29) is 5.92 Å². The van der Waals surface area contributed by atoms with Gasteiger partial charge in [-0.2, -0.15) is 10.2 Å². The number of piperidine rings is 1. The first-order valence-electron chi connectivity index (χ1n) is 13.8. The number of likely N-dealkylation sites (tertiary alicyclic amines) is 1. The Morgan fingerprint density at radius 3 is 2.93 bits per heavy atom. The number of nitrogens with one attached hydrogen (secondary N) is 1. The van der Waals surface area contributed by atoms with Crippen molar-refractivity contribution in [1.82, 2.24) is 35.1 Å². The van der Waals surface area contributed by atoms with Gasteiger partial charge in [0.1, 0.15) is 0 Å². The van der Waals surface area contributed by atoms with Crippen LogP contribution in [0.25, 0.3) is 60.8 Å². The van der Waals surface area contributed by atoms with Crippen molar-refractivity contribution < 1.29 is 4.42 Å². The van der Waals surface area contributed by atoms with E-state index in [9.17, 15) is 0 Å². The Kier molecular flexibility index (Phi) is 5.79. The highest BCUT2D eigenvalue weighted by molar-refractivity contribution is 7.17. The van der Waals surface area contributed by atoms with Crippen LogP contribution in [0.2, 0.25) is 0 Å². The number of nitrogens with zero attached hydrogens (tertiary/aromatic N) is 6. The zero-order valence-electron chi connectivity index (χ0n) is 22.3. The molecule has 41 heavy (non-hydrogen) atoms. The molecule has 1 aliphatic rings. The number of aromatic amines is 1. The van der Waals surface area contributed by atoms with Gasteiger partial charge in [0.25, 0.3) is 0 Å². The van der Waals surface area contributed by atoms with E-state index in [1.165, 1.54) is 15.6 Å². The first kappa shape index (κ1) is 24.2. The van der Waals surface area contributed by atoms with Crippen LogP contribution in [0.1, 0.15) is 30.2 Å². The summed E-state index contributed by atoms with van der Waals surface area (Å²) in [5.41, 5.74) is 6.04. The Hall–Kier alpha value is -4.60. The standard InChI is InChI=1S/C32H27N7OS/c1-2-39-18-23-14-20(9-11-27(23)37-39)30-26-15-21(10-12-28(26)33-34-30)31-35-36-32(40-31)22-6-5-13-38(16-22)17-24-19-41-29-8-4-3-7-25(24)29/h2-4,7-12,14-15,18-19,22H,1,5-6,13,16-17H2,(H,33,34)/t22-/m1/s1. The molecule has 8 nitrogen and oxygen atoms in total. The summed E-state index contributed by atoms with van der Waals surface area (Å²) >= 11 is 1.82. The average molecular weight is 558 g/mol. The SMILES string of the molecule is C=Cn1cc2cc(-c3n[nH]c4ccc(-c5nnc([C@@H]6CCCN(Cc7csc8ccccc78)C6)o5)cc34)ccc2n1. The van der Waals surface area contributed by atoms with Gasteiger partial charge in [0, 0.05) is 52.1 Å². The van der Waals surface area contributed by atoms with Crippen molar-refractivity contribution in [2.75, 3.05) is 13.1 Å². The van der Waals surface area contributed by atoms with Crippen LogP contribution >= 0.6 is 11.3 Å². The smallest absolute Gasteiger partial charge is 0.247 e. The third kappa shape index (κ3) is 4.34. The number of hydrogen-bond acceptors (Lipinski definition) is 7. The fraction of sp³-hybridized carbons (Fsp3) is 0.188. The summed E-state index contributed by atoms with van der Waals surface area (Å²) in [7, 11) is 0. The molecule has 1 saturated heterocycles. The van der Waals surface area contributed by atoms with Crippen LogP contribution in [-0.2, 0) is 6.54 Å². The van der Waals surface area contributed by atoms with Crippen molar-refractivity contribution in [3.05, 3.63) is 90.3 Å². The summed E-state index contributed by atoms with van der Waals surface area (Å²) < 4.78 is 9.38. The number of thiophene rings is 1. The lowest BCUT2D eigenvalue weighted by Crippen LogP contribution is -2.33. The second-order valence-corrected chi connectivity index (χ2v) is 11.6. The highest BCUT2D eigenvalue weighted by Gasteiger charge is 2.27. The van der Waals surface area contributed by atoms with E-state index in [1.807, 2.05) is 41.8 Å². The van der Waals surface area contributed by atoms with E-state index < -0.39 is 0 Å². The van der Waals surface area contributed by atoms with Gasteiger partial charge < -0.3 is 4.42 Å². The molecule has 4 aromatic heterocycles. The van der Waals surface area contributed by atoms with Crippen molar-refractivity contribution in [2.45, 2.75) is 25.3 Å². The van der Waals surface area contributed by atoms with Gasteiger partial charge in [0.2, 0.25) is 11.8 Å². The first-order chi connectivity index (χ1) is 20.2. The lowest BCUT2D eigenvalue weighted by Gasteiger charge is -2.30. The fourth-order valence-electron chi connectivity index (χ4n) is 5.97. The molecule has 7 aromatic rings. The summed E-state index contributed by atoms with van der Waals surface area (Å²) in [5.74, 6) is 1.49. The highest BCUT2D eigenvalue weighted by Crippen LogP contribution is 2.34. The van der Waals surface area contributed by atoms with Crippen molar-refractivity contribution in [1.29, 1.82) is 0 Å². The Morgan fingerprint density at radius 2 is 1.98 bits per heavy atom. The maximum absolute atomic E-state index is 6.31. The summed E-state index contributed by atoms with van der Waals surface area (Å²) in [6.45, 7) is 6.75. The van der Waals surface area contributed by atoms with E-state index in [2.05, 4.69) is 78.8 Å². The number of aromatic nitrogens is 6. The quantitative estimate of drug-likeness (QED) is 0.230. The Morgan fingerprint density at radius 1 is 1.05 bits per heavy atom. The minimum absolute atomic E-state index is 0.228. The summed E-state index contributed by atoms with van der Waals surface area (Å²) in [6.07, 6.45) is 5.81. The molecule has 0 saturated carbocycles. The molecule has 0 radical (unpaired) electrons. The van der Waals surface area contributed by atoms with Crippen LogP contribution in [0.15, 0.2) is 83.2 Å². The molecule has 0 aliphatic carbocycles. The Bertz CT molecular complexity index is 2050. The minimum atomic E-state index is 0.228. The van der Waals surface area contributed by atoms with Crippen LogP contribution in [-0.4, -0.2) is 48.2 Å². The largest absolute Gasteiger partial charge is 0.420 e. The molecule has 0 amide bonds. The number of hydrogen-bond donors (Lipinski definition) is 1. The van der Waals surface area contributed by atoms with Crippen LogP contribution in [0.5, 0.6) is 0 Å². The fourth-order valence-corrected chi connectivity index (χ4v) is 6.92. The predicted octanol–water partition coefficient (Wildman–Crippen LogP) is 7.32. The van der Waals surface area contributed by atoms with Gasteiger partial charge in [-0.3, -0.25) is 10.00 Å². The van der Waals surface area contributed by atoms with Gasteiger partial charge in [-0.05, 0) is 72.1 Å². The summed E-state index contributed by atoms with van der Waals surface area (Å²) in [6, 6.07) is 20.9. The monoisotopic (exact) mass is 557 g/mol. The van der Waals surface area contributed by atoms with Crippen molar-refractivity contribution in [3.63, 3.8) is 0 Å².